The number of hydrogen-bond donors (Lipinski definition) is 1. The van der Waals surface area contributed by atoms with Crippen molar-refractivity contribution in [2.45, 2.75) is 0 Å². The Bertz CT molecular complexity index is 461. The molecule has 0 saturated heterocycles. The van der Waals surface area contributed by atoms with Crippen molar-refractivity contribution in [1.29, 1.82) is 0 Å². The standard InChI is InChI=1S/C8H5FN2O2/c9-6-7(5-1-2-13-3-5)10-4-11-8(6)12/h1-4H,(H,10,11,12). The first kappa shape index (κ1) is 7.72. The van der Waals surface area contributed by atoms with Crippen LogP contribution in [0.25, 0.3) is 11.3 Å². The molecule has 4 nitrogen and oxygen atoms in total. The van der Waals surface area contributed by atoms with Crippen molar-refractivity contribution in [3.8, 4) is 11.3 Å². The smallest absolute Gasteiger partial charge is 0.287 e. The van der Waals surface area contributed by atoms with Gasteiger partial charge in [-0.25, -0.2) is 4.98 Å². The zero-order chi connectivity index (χ0) is 9.26. The van der Waals surface area contributed by atoms with E-state index < -0.39 is 11.4 Å². The number of aromatic nitrogens is 2. The van der Waals surface area contributed by atoms with E-state index >= 15 is 0 Å². The third-order valence-electron chi connectivity index (χ3n) is 1.59. The highest BCUT2D eigenvalue weighted by molar-refractivity contribution is 5.56. The molecule has 0 atom stereocenters. The lowest BCUT2D eigenvalue weighted by molar-refractivity contribution is 0.566. The van der Waals surface area contributed by atoms with E-state index in [4.69, 9.17) is 4.42 Å². The van der Waals surface area contributed by atoms with Gasteiger partial charge in [0.2, 0.25) is 5.82 Å². The van der Waals surface area contributed by atoms with Gasteiger partial charge in [0, 0.05) is 5.56 Å². The summed E-state index contributed by atoms with van der Waals surface area (Å²) in [5.41, 5.74) is -0.340. The third-order valence-corrected chi connectivity index (χ3v) is 1.59. The molecule has 2 aromatic rings. The Morgan fingerprint density at radius 2 is 2.38 bits per heavy atom. The average molecular weight is 180 g/mol. The van der Waals surface area contributed by atoms with Crippen LogP contribution in [0, 0.1) is 5.82 Å². The Labute approximate surface area is 72.0 Å². The second-order valence-corrected chi connectivity index (χ2v) is 2.41. The highest BCUT2D eigenvalue weighted by Gasteiger charge is 2.10. The summed E-state index contributed by atoms with van der Waals surface area (Å²) in [6.45, 7) is 0. The molecule has 2 heterocycles. The molecule has 0 aliphatic heterocycles. The van der Waals surface area contributed by atoms with E-state index in [1.54, 1.807) is 0 Å². The lowest BCUT2D eigenvalue weighted by Gasteiger charge is -1.94. The minimum Gasteiger partial charge on any atom is -0.472 e. The predicted molar refractivity (Wildman–Crippen MR) is 42.5 cm³/mol. The van der Waals surface area contributed by atoms with E-state index in [1.807, 2.05) is 0 Å². The summed E-state index contributed by atoms with van der Waals surface area (Å²) in [4.78, 5) is 16.7. The molecule has 13 heavy (non-hydrogen) atoms. The molecule has 2 aromatic heterocycles. The van der Waals surface area contributed by atoms with Crippen molar-refractivity contribution in [2.75, 3.05) is 0 Å². The van der Waals surface area contributed by atoms with E-state index in [2.05, 4.69) is 9.97 Å². The molecule has 0 aromatic carbocycles. The van der Waals surface area contributed by atoms with E-state index in [9.17, 15) is 9.18 Å². The van der Waals surface area contributed by atoms with Crippen molar-refractivity contribution in [3.63, 3.8) is 0 Å². The van der Waals surface area contributed by atoms with Crippen LogP contribution in [0.4, 0.5) is 4.39 Å². The molecule has 0 saturated carbocycles. The average Bonchev–Trinajstić information content (AvgIpc) is 2.62. The molecule has 0 radical (unpaired) electrons. The zero-order valence-electron chi connectivity index (χ0n) is 6.45. The fraction of sp³-hybridized carbons (Fsp3) is 0. The van der Waals surface area contributed by atoms with Gasteiger partial charge in [-0.1, -0.05) is 0 Å². The fourth-order valence-electron chi connectivity index (χ4n) is 0.983. The molecule has 0 unspecified atom stereocenters. The number of H-pyrrole nitrogens is 1. The van der Waals surface area contributed by atoms with Crippen LogP contribution in [-0.4, -0.2) is 9.97 Å². The Kier molecular flexibility index (Phi) is 1.70. The highest BCUT2D eigenvalue weighted by atomic mass is 19.1. The van der Waals surface area contributed by atoms with Gasteiger partial charge < -0.3 is 9.40 Å². The van der Waals surface area contributed by atoms with Crippen LogP contribution in [0.5, 0.6) is 0 Å². The van der Waals surface area contributed by atoms with Gasteiger partial charge in [-0.05, 0) is 6.07 Å². The Balaban J connectivity index is 2.66. The SMILES string of the molecule is O=c1[nH]cnc(-c2ccoc2)c1F. The quantitative estimate of drug-likeness (QED) is 0.716. The van der Waals surface area contributed by atoms with Gasteiger partial charge in [0.1, 0.15) is 5.69 Å². The Morgan fingerprint density at radius 3 is 3.08 bits per heavy atom. The van der Waals surface area contributed by atoms with Crippen molar-refractivity contribution in [1.82, 2.24) is 9.97 Å². The molecule has 1 N–H and O–H groups in total. The van der Waals surface area contributed by atoms with Gasteiger partial charge in [0.15, 0.2) is 0 Å². The Morgan fingerprint density at radius 1 is 1.54 bits per heavy atom. The maximum atomic E-state index is 13.1. The first-order valence-corrected chi connectivity index (χ1v) is 3.55. The summed E-state index contributed by atoms with van der Waals surface area (Å²) < 4.78 is 17.9. The molecule has 0 aliphatic carbocycles. The van der Waals surface area contributed by atoms with Gasteiger partial charge in [0.25, 0.3) is 5.56 Å². The van der Waals surface area contributed by atoms with Gasteiger partial charge >= 0.3 is 0 Å². The van der Waals surface area contributed by atoms with Crippen LogP contribution in [0.2, 0.25) is 0 Å². The first-order chi connectivity index (χ1) is 6.29. The molecule has 5 heteroatoms. The van der Waals surface area contributed by atoms with Gasteiger partial charge in [-0.15, -0.1) is 0 Å². The van der Waals surface area contributed by atoms with Gasteiger partial charge in [0.05, 0.1) is 18.9 Å². The maximum Gasteiger partial charge on any atom is 0.287 e. The normalized spacial score (nSPS) is 10.2. The van der Waals surface area contributed by atoms with Crippen LogP contribution >= 0.6 is 0 Å². The number of halogens is 1. The van der Waals surface area contributed by atoms with Gasteiger partial charge in [-0.2, -0.15) is 4.39 Å². The van der Waals surface area contributed by atoms with Crippen molar-refractivity contribution in [2.24, 2.45) is 0 Å². The van der Waals surface area contributed by atoms with Gasteiger partial charge in [-0.3, -0.25) is 4.79 Å². The van der Waals surface area contributed by atoms with Crippen molar-refractivity contribution in [3.05, 3.63) is 41.1 Å². The summed E-state index contributed by atoms with van der Waals surface area (Å²) in [6, 6.07) is 1.53. The number of furan rings is 1. The molecule has 0 amide bonds. The van der Waals surface area contributed by atoms with Crippen LogP contribution in [0.15, 0.2) is 34.1 Å². The molecular weight excluding hydrogens is 175 g/mol. The lowest BCUT2D eigenvalue weighted by atomic mass is 10.2. The summed E-state index contributed by atoms with van der Waals surface area (Å²) in [6.07, 6.45) is 3.86. The van der Waals surface area contributed by atoms with E-state index in [0.29, 0.717) is 5.56 Å². The Hall–Kier alpha value is -1.91. The molecule has 0 fully saturated rings. The van der Waals surface area contributed by atoms with Crippen molar-refractivity contribution >= 4 is 0 Å². The second-order valence-electron chi connectivity index (χ2n) is 2.41. The minimum atomic E-state index is -0.899. The summed E-state index contributed by atoms with van der Waals surface area (Å²) in [7, 11) is 0. The highest BCUT2D eigenvalue weighted by Crippen LogP contribution is 2.17. The maximum absolute atomic E-state index is 13.1. The monoisotopic (exact) mass is 180 g/mol. The first-order valence-electron chi connectivity index (χ1n) is 3.55. The van der Waals surface area contributed by atoms with Crippen LogP contribution in [0.3, 0.4) is 0 Å². The molecular formula is C8H5FN2O2. The second kappa shape index (κ2) is 2.85. The molecule has 0 aliphatic rings. The van der Waals surface area contributed by atoms with Crippen LogP contribution < -0.4 is 5.56 Å². The number of nitrogens with zero attached hydrogens (tertiary/aromatic N) is 1. The number of aromatic amines is 1. The van der Waals surface area contributed by atoms with E-state index in [-0.39, 0.29) is 5.69 Å². The predicted octanol–water partition coefficient (Wildman–Crippen LogP) is 1.17. The van der Waals surface area contributed by atoms with E-state index in [0.717, 1.165) is 6.33 Å². The van der Waals surface area contributed by atoms with Crippen molar-refractivity contribution < 1.29 is 8.81 Å². The third kappa shape index (κ3) is 1.24. The largest absolute Gasteiger partial charge is 0.472 e. The molecule has 0 spiro atoms. The molecule has 2 rings (SSSR count). The minimum absolute atomic E-state index is 0.00231. The summed E-state index contributed by atoms with van der Waals surface area (Å²) in [5, 5.41) is 0. The zero-order valence-corrected chi connectivity index (χ0v) is 6.45. The number of rotatable bonds is 1. The molecule has 0 bridgehead atoms. The topological polar surface area (TPSA) is 58.9 Å². The lowest BCUT2D eigenvalue weighted by Crippen LogP contribution is -2.12. The summed E-state index contributed by atoms with van der Waals surface area (Å²) >= 11 is 0. The number of nitrogens with one attached hydrogen (secondary N) is 1. The van der Waals surface area contributed by atoms with Crippen LogP contribution in [0.1, 0.15) is 0 Å². The van der Waals surface area contributed by atoms with E-state index in [1.165, 1.54) is 18.6 Å². The number of hydrogen-bond acceptors (Lipinski definition) is 3. The summed E-state index contributed by atoms with van der Waals surface area (Å²) in [5.74, 6) is -0.899. The fourth-order valence-corrected chi connectivity index (χ4v) is 0.983. The van der Waals surface area contributed by atoms with Crippen LogP contribution in [-0.2, 0) is 0 Å². The molecule has 66 valence electrons.